The van der Waals surface area contributed by atoms with Gasteiger partial charge in [-0.15, -0.1) is 40.2 Å². The Bertz CT molecular complexity index is 2430. The van der Waals surface area contributed by atoms with Crippen LogP contribution in [0.4, 0.5) is 0 Å². The minimum atomic E-state index is -3.66. The van der Waals surface area contributed by atoms with Crippen molar-refractivity contribution < 1.29 is 153 Å². The van der Waals surface area contributed by atoms with Crippen LogP contribution in [0, 0.1) is 0 Å². The van der Waals surface area contributed by atoms with Gasteiger partial charge in [-0.05, 0) is 263 Å². The number of allylic oxidation sites excluding steroid dienone is 1. The van der Waals surface area contributed by atoms with Gasteiger partial charge in [-0.2, -0.15) is 0 Å². The lowest BCUT2D eigenvalue weighted by atomic mass is 10.2. The third-order valence-electron chi connectivity index (χ3n) is 15.7. The highest BCUT2D eigenvalue weighted by molar-refractivity contribution is 14.1. The second kappa shape index (κ2) is 96.4. The third-order valence-corrected chi connectivity index (χ3v) is 41.4. The molecular formula is C77H168Br3Cl2IO33P8. The van der Waals surface area contributed by atoms with Gasteiger partial charge in [-0.1, -0.05) is 60.9 Å². The fourth-order valence-electron chi connectivity index (χ4n) is 10.9. The molecule has 3 saturated heterocycles. The molecule has 47 heteroatoms. The predicted molar refractivity (Wildman–Crippen MR) is 522 cm³/mol. The number of rotatable bonds is 62. The maximum atomic E-state index is 13.4. The van der Waals surface area contributed by atoms with Gasteiger partial charge < -0.3 is 116 Å². The molecule has 0 amide bonds. The lowest BCUT2D eigenvalue weighted by Crippen LogP contribution is -2.23. The lowest BCUT2D eigenvalue weighted by molar-refractivity contribution is -0.163. The molecule has 124 heavy (non-hydrogen) atoms. The van der Waals surface area contributed by atoms with Crippen molar-refractivity contribution in [1.82, 2.24) is 0 Å². The number of aliphatic hydroxyl groups is 3. The van der Waals surface area contributed by atoms with E-state index in [0.29, 0.717) is 51.7 Å². The molecule has 3 fully saturated rings. The second-order valence-corrected chi connectivity index (χ2v) is 47.9. The van der Waals surface area contributed by atoms with Gasteiger partial charge in [-0.25, -0.2) is 0 Å². The Balaban J connectivity index is -0.000000262. The molecule has 2 unspecified atom stereocenters. The van der Waals surface area contributed by atoms with E-state index >= 15 is 0 Å². The van der Waals surface area contributed by atoms with Crippen molar-refractivity contribution >= 4 is 155 Å². The molecule has 33 nitrogen and oxygen atoms in total. The van der Waals surface area contributed by atoms with Crippen molar-refractivity contribution in [3.8, 4) is 0 Å². The molecule has 0 aliphatic carbocycles. The number of halogens is 6. The number of hydrogen-bond acceptors (Lipinski definition) is 33. The molecule has 3 N–H and O–H groups in total. The molecular weight excluding hydrogens is 2140 g/mol. The van der Waals surface area contributed by atoms with Gasteiger partial charge >= 0.3 is 60.8 Å². The largest absolute Gasteiger partial charge is 0.502 e. The fourth-order valence-corrected chi connectivity index (χ4v) is 33.4. The number of hydrogen-bond donors (Lipinski definition) is 3. The number of unbranched alkanes of at least 4 members (excludes halogenated alkanes) is 5. The molecule has 0 saturated carbocycles. The second-order valence-electron chi connectivity index (χ2n) is 25.3. The Morgan fingerprint density at radius 3 is 0.823 bits per heavy atom. The van der Waals surface area contributed by atoms with Crippen LogP contribution in [0.1, 0.15) is 258 Å². The molecule has 756 valence electrons. The van der Waals surface area contributed by atoms with Gasteiger partial charge in [-0.3, -0.25) is 36.5 Å². The van der Waals surface area contributed by atoms with Gasteiger partial charge in [0.05, 0.1) is 124 Å². The first-order valence-corrected chi connectivity index (χ1v) is 61.9. The van der Waals surface area contributed by atoms with Gasteiger partial charge in [0.2, 0.25) is 0 Å². The Morgan fingerprint density at radius 2 is 0.629 bits per heavy atom. The van der Waals surface area contributed by atoms with Gasteiger partial charge in [0.25, 0.3) is 0 Å². The summed E-state index contributed by atoms with van der Waals surface area (Å²) in [5.41, 5.74) is 0. The van der Waals surface area contributed by atoms with E-state index in [0.717, 1.165) is 120 Å². The van der Waals surface area contributed by atoms with Crippen LogP contribution >= 0.6 is 155 Å². The normalized spacial score (nSPS) is 15.5. The summed E-state index contributed by atoms with van der Waals surface area (Å²) in [7, 11) is -27.6. The molecule has 4 rings (SSSR count). The van der Waals surface area contributed by atoms with E-state index in [1.54, 1.807) is 117 Å². The standard InChI is InChI=1S/C18H38O8P2.C13H29IO6P2.C13H30O7P2.C9H17BrO2.C9H22O6P2.C5H8O.C4H9BrO.C4H8O.CH2Cl2.CH4O.BrH/c1-5-23-27(19,24-6-2)18(28(20,25-7-3)26-8-4)14-10-12-16-22-17-13-9-11-15-21-17;2*1-5-17-21(15,18-6-2)13(11-9-10-12-14)22(16,19-7-3)20-8-4;10-6-2-4-8-12-9-5-1-3-7-11-9;1-5-12-16(10,13-6-2)9-17(11,14-7-3)15-8-4;1-2-4-6-5-3-1;5-3-1-2-4-6;1-2-4-5-3-1;2-1-3;1-2;/h17-18H,5-16H2,1-4H3;13H,5-12H2,1-4H3;13-14H,5-12H2,1-4H3;9H,1-8H2;5-9H2,1-4H3;2,4H,1,3,5H2;6H,1-4H2;1-4H2;1H2;2H,1H3;1H. The third kappa shape index (κ3) is 72.5. The summed E-state index contributed by atoms with van der Waals surface area (Å²) in [6, 6.07) is 0. The lowest BCUT2D eigenvalue weighted by Gasteiger charge is -2.31. The van der Waals surface area contributed by atoms with Crippen LogP contribution in [-0.2, 0) is 137 Å². The molecule has 0 radical (unpaired) electrons. The Morgan fingerprint density at radius 1 is 0.371 bits per heavy atom. The minimum absolute atomic E-state index is 0. The SMILES string of the molecule is Br.BrCCCCOC1CCCCO1.C1=COCCC1.C1CCOC1.CCOP(=O)(CP(=O)(OCC)OCC)OCC.CCOP(=O)(OCC)C(CCCCI)P(=O)(OCC)OCC.CCOP(=O)(OCC)C(CCCCO)P(=O)(OCC)OCC.CCOP(=O)(OCC)C(CCCCOC1CCCCO1)P(=O)(OCC)OCC.CO.ClCCl.OCCCCBr. The summed E-state index contributed by atoms with van der Waals surface area (Å²) < 4.78 is 222. The summed E-state index contributed by atoms with van der Waals surface area (Å²) in [5, 5.41) is 23.6. The van der Waals surface area contributed by atoms with E-state index < -0.39 is 77.0 Å². The summed E-state index contributed by atoms with van der Waals surface area (Å²) >= 11 is 18.4. The maximum absolute atomic E-state index is 13.4. The highest BCUT2D eigenvalue weighted by Crippen LogP contribution is 2.74. The topological polar surface area (TPSA) is 400 Å². The number of aliphatic hydroxyl groups excluding tert-OH is 3. The first-order chi connectivity index (χ1) is 59.0. The monoisotopic (exact) mass is 2300 g/mol. The van der Waals surface area contributed by atoms with Gasteiger partial charge in [0.15, 0.2) is 34.7 Å². The summed E-state index contributed by atoms with van der Waals surface area (Å²) in [4.78, 5) is 0. The number of ether oxygens (including phenoxy) is 6. The van der Waals surface area contributed by atoms with Crippen LogP contribution in [0.2, 0.25) is 0 Å². The summed E-state index contributed by atoms with van der Waals surface area (Å²) in [6.45, 7) is 36.9. The van der Waals surface area contributed by atoms with Crippen molar-refractivity contribution in [1.29, 1.82) is 0 Å². The molecule has 4 aliphatic rings. The quantitative estimate of drug-likeness (QED) is 0.0220. The molecule has 2 atom stereocenters. The average molecular weight is 2310 g/mol. The van der Waals surface area contributed by atoms with E-state index in [4.69, 9.17) is 139 Å². The van der Waals surface area contributed by atoms with Crippen LogP contribution in [0.3, 0.4) is 0 Å². The molecule has 0 aromatic carbocycles. The van der Waals surface area contributed by atoms with E-state index in [9.17, 15) is 36.5 Å². The van der Waals surface area contributed by atoms with E-state index in [1.165, 1.54) is 44.9 Å². The predicted octanol–water partition coefficient (Wildman–Crippen LogP) is 26.1. The van der Waals surface area contributed by atoms with E-state index in [-0.39, 0.29) is 160 Å². The Kier molecular flexibility index (Phi) is 109. The first kappa shape index (κ1) is 140. The summed E-state index contributed by atoms with van der Waals surface area (Å²) in [6.07, 6.45) is 24.8. The molecule has 0 bridgehead atoms. The molecule has 4 aliphatic heterocycles. The van der Waals surface area contributed by atoms with Gasteiger partial charge in [0.1, 0.15) is 0 Å². The molecule has 4 heterocycles. The van der Waals surface area contributed by atoms with E-state index in [1.807, 2.05) is 6.08 Å². The van der Waals surface area contributed by atoms with Crippen LogP contribution in [0.15, 0.2) is 12.3 Å². The first-order valence-electron chi connectivity index (χ1n) is 43.9. The summed E-state index contributed by atoms with van der Waals surface area (Å²) in [5.74, 6) is -0.344. The Labute approximate surface area is 800 Å². The maximum Gasteiger partial charge on any atom is 0.345 e. The minimum Gasteiger partial charge on any atom is -0.502 e. The zero-order chi connectivity index (χ0) is 94.3. The van der Waals surface area contributed by atoms with Gasteiger partial charge in [0, 0.05) is 70.6 Å². The Hall–Kier alpha value is 3.17. The molecule has 0 aromatic rings. The van der Waals surface area contributed by atoms with Crippen LogP contribution in [-0.4, -0.2) is 243 Å². The van der Waals surface area contributed by atoms with Crippen molar-refractivity contribution in [2.75, 3.05) is 199 Å². The zero-order valence-corrected chi connectivity index (χ0v) is 93.7. The van der Waals surface area contributed by atoms with Crippen molar-refractivity contribution in [2.45, 2.75) is 287 Å². The number of alkyl halides is 5. The smallest absolute Gasteiger partial charge is 0.345 e. The fraction of sp³-hybridized carbons (Fsp3) is 0.974. The van der Waals surface area contributed by atoms with Crippen LogP contribution in [0.25, 0.3) is 0 Å². The average Bonchev–Trinajstić information content (AvgIpc) is 0.877. The molecule has 0 aromatic heterocycles. The highest BCUT2D eigenvalue weighted by atomic mass is 127. The van der Waals surface area contributed by atoms with Crippen LogP contribution < -0.4 is 0 Å². The van der Waals surface area contributed by atoms with Crippen molar-refractivity contribution in [3.63, 3.8) is 0 Å². The van der Waals surface area contributed by atoms with Crippen molar-refractivity contribution in [2.24, 2.45) is 0 Å². The zero-order valence-electron chi connectivity index (χ0n) is 78.0. The van der Waals surface area contributed by atoms with Crippen molar-refractivity contribution in [3.05, 3.63) is 12.3 Å². The van der Waals surface area contributed by atoms with E-state index in [2.05, 4.69) is 54.5 Å². The highest BCUT2D eigenvalue weighted by Gasteiger charge is 2.53. The van der Waals surface area contributed by atoms with Crippen LogP contribution in [0.5, 0.6) is 0 Å². The molecule has 0 spiro atoms.